The number of nitrogens with one attached hydrogen (secondary N) is 1. The molecule has 2 N–H and O–H groups in total. The van der Waals surface area contributed by atoms with Gasteiger partial charge >= 0.3 is 18.2 Å². The van der Waals surface area contributed by atoms with Gasteiger partial charge in [-0.2, -0.15) is 13.2 Å². The number of urea groups is 1. The summed E-state index contributed by atoms with van der Waals surface area (Å²) in [5.74, 6) is -0.906. The van der Waals surface area contributed by atoms with Crippen LogP contribution < -0.4 is 10.1 Å². The smallest absolute Gasteiger partial charge is 0.416 e. The Labute approximate surface area is 252 Å². The molecule has 1 saturated heterocycles. The number of aryl methyl sites for hydroxylation is 1. The van der Waals surface area contributed by atoms with Gasteiger partial charge in [-0.3, -0.25) is 14.4 Å². The molecule has 0 spiro atoms. The largest absolute Gasteiger partial charge is 0.494 e. The summed E-state index contributed by atoms with van der Waals surface area (Å²) in [6.07, 6.45) is -3.19. The van der Waals surface area contributed by atoms with E-state index in [2.05, 4.69) is 5.32 Å². The van der Waals surface area contributed by atoms with Crippen molar-refractivity contribution in [3.8, 4) is 5.75 Å². The molecule has 1 fully saturated rings. The number of nitrogens with zero attached hydrogens (tertiary/aromatic N) is 2. The van der Waals surface area contributed by atoms with E-state index >= 15 is 0 Å². The van der Waals surface area contributed by atoms with E-state index in [4.69, 9.17) is 9.84 Å². The minimum Gasteiger partial charge on any atom is -0.494 e. The zero-order valence-corrected chi connectivity index (χ0v) is 24.0. The van der Waals surface area contributed by atoms with Gasteiger partial charge < -0.3 is 25.0 Å². The third-order valence-electron chi connectivity index (χ3n) is 7.48. The highest BCUT2D eigenvalue weighted by Gasteiger charge is 2.35. The molecule has 232 valence electrons. The van der Waals surface area contributed by atoms with Crippen LogP contribution in [0.25, 0.3) is 0 Å². The summed E-state index contributed by atoms with van der Waals surface area (Å²) in [6.45, 7) is 0.899. The van der Waals surface area contributed by atoms with Crippen LogP contribution in [-0.2, 0) is 30.5 Å². The molecule has 1 heterocycles. The number of benzene rings is 3. The molecule has 1 atom stereocenters. The van der Waals surface area contributed by atoms with E-state index in [0.29, 0.717) is 36.1 Å². The SMILES string of the molecule is CN1C(=O)N(Cc2ccc(C(F)(F)F)cc2)CC1CCOc1ccc(CCC(=O)O)c(CNC(=O)c2ccccc2C=O)c1. The summed E-state index contributed by atoms with van der Waals surface area (Å²) in [5.41, 5.74) is 1.71. The lowest BCUT2D eigenvalue weighted by Gasteiger charge is -2.18. The van der Waals surface area contributed by atoms with Crippen LogP contribution in [0.1, 0.15) is 55.8 Å². The molecule has 44 heavy (non-hydrogen) atoms. The Morgan fingerprint density at radius 3 is 2.48 bits per heavy atom. The maximum atomic E-state index is 12.9. The van der Waals surface area contributed by atoms with Crippen molar-refractivity contribution in [2.45, 2.75) is 44.6 Å². The van der Waals surface area contributed by atoms with Crippen LogP contribution in [0.3, 0.4) is 0 Å². The van der Waals surface area contributed by atoms with E-state index in [9.17, 15) is 32.3 Å². The molecule has 3 aromatic rings. The number of rotatable bonds is 13. The van der Waals surface area contributed by atoms with Crippen LogP contribution in [0.5, 0.6) is 5.75 Å². The van der Waals surface area contributed by atoms with Crippen LogP contribution in [0.2, 0.25) is 0 Å². The molecule has 0 bridgehead atoms. The molecule has 3 amide bonds. The summed E-state index contributed by atoms with van der Waals surface area (Å²) in [7, 11) is 1.67. The van der Waals surface area contributed by atoms with Crippen LogP contribution in [0.15, 0.2) is 66.7 Å². The number of carbonyl (C=O) groups excluding carboxylic acids is 3. The number of carboxylic acid groups (broad SMARTS) is 1. The molecule has 1 aliphatic heterocycles. The minimum atomic E-state index is -4.43. The van der Waals surface area contributed by atoms with E-state index in [0.717, 1.165) is 17.7 Å². The Bertz CT molecular complexity index is 1510. The number of hydrogen-bond donors (Lipinski definition) is 2. The number of carbonyl (C=O) groups is 4. The molecule has 4 rings (SSSR count). The molecule has 0 aliphatic carbocycles. The van der Waals surface area contributed by atoms with Gasteiger partial charge in [-0.05, 0) is 53.4 Å². The van der Waals surface area contributed by atoms with Gasteiger partial charge in [0.15, 0.2) is 6.29 Å². The van der Waals surface area contributed by atoms with Gasteiger partial charge in [0.1, 0.15) is 5.75 Å². The van der Waals surface area contributed by atoms with Crippen molar-refractivity contribution >= 4 is 24.2 Å². The monoisotopic (exact) mass is 611 g/mol. The number of ether oxygens (including phenoxy) is 1. The summed E-state index contributed by atoms with van der Waals surface area (Å²) in [5, 5.41) is 11.9. The first-order chi connectivity index (χ1) is 21.0. The van der Waals surface area contributed by atoms with Crippen molar-refractivity contribution in [1.82, 2.24) is 15.1 Å². The molecule has 3 aromatic carbocycles. The second-order valence-electron chi connectivity index (χ2n) is 10.5. The Balaban J connectivity index is 1.36. The third-order valence-corrected chi connectivity index (χ3v) is 7.48. The highest BCUT2D eigenvalue weighted by molar-refractivity contribution is 6.01. The number of carboxylic acids is 1. The number of halogens is 3. The second kappa shape index (κ2) is 14.1. The average Bonchev–Trinajstić information content (AvgIpc) is 3.26. The molecule has 0 aromatic heterocycles. The number of aldehydes is 1. The van der Waals surface area contributed by atoms with Crippen molar-refractivity contribution < 1.29 is 42.2 Å². The average molecular weight is 612 g/mol. The fraction of sp³-hybridized carbons (Fsp3) is 0.312. The second-order valence-corrected chi connectivity index (χ2v) is 10.5. The normalized spacial score (nSPS) is 14.9. The molecule has 0 radical (unpaired) electrons. The van der Waals surface area contributed by atoms with Crippen molar-refractivity contribution in [2.75, 3.05) is 20.2 Å². The predicted octanol–water partition coefficient (Wildman–Crippen LogP) is 5.17. The van der Waals surface area contributed by atoms with E-state index in [1.54, 1.807) is 53.2 Å². The molecule has 12 heteroatoms. The molecule has 1 aliphatic rings. The minimum absolute atomic E-state index is 0.0803. The van der Waals surface area contributed by atoms with Gasteiger partial charge in [0, 0.05) is 50.7 Å². The number of hydrogen-bond acceptors (Lipinski definition) is 5. The van der Waals surface area contributed by atoms with Gasteiger partial charge in [0.2, 0.25) is 0 Å². The fourth-order valence-corrected chi connectivity index (χ4v) is 5.00. The van der Waals surface area contributed by atoms with Gasteiger partial charge in [-0.15, -0.1) is 0 Å². The first-order valence-electron chi connectivity index (χ1n) is 13.9. The van der Waals surface area contributed by atoms with Crippen LogP contribution in [0, 0.1) is 0 Å². The van der Waals surface area contributed by atoms with E-state index < -0.39 is 23.6 Å². The molecule has 9 nitrogen and oxygen atoms in total. The summed E-state index contributed by atoms with van der Waals surface area (Å²) in [6, 6.07) is 15.9. The maximum absolute atomic E-state index is 12.9. The van der Waals surface area contributed by atoms with Gasteiger partial charge in [0.25, 0.3) is 5.91 Å². The Hall–Kier alpha value is -4.87. The first-order valence-corrected chi connectivity index (χ1v) is 13.9. The number of alkyl halides is 3. The lowest BCUT2D eigenvalue weighted by atomic mass is 10.0. The summed E-state index contributed by atoms with van der Waals surface area (Å²) >= 11 is 0. The Morgan fingerprint density at radius 2 is 1.80 bits per heavy atom. The maximum Gasteiger partial charge on any atom is 0.416 e. The highest BCUT2D eigenvalue weighted by Crippen LogP contribution is 2.30. The molecule has 1 unspecified atom stereocenters. The van der Waals surface area contributed by atoms with Gasteiger partial charge in [0.05, 0.1) is 18.2 Å². The topological polar surface area (TPSA) is 116 Å². The van der Waals surface area contributed by atoms with Gasteiger partial charge in [-0.25, -0.2) is 4.79 Å². The van der Waals surface area contributed by atoms with Gasteiger partial charge in [-0.1, -0.05) is 36.4 Å². The zero-order chi connectivity index (χ0) is 31.9. The van der Waals surface area contributed by atoms with Crippen molar-refractivity contribution in [2.24, 2.45) is 0 Å². The molecular weight excluding hydrogens is 579 g/mol. The van der Waals surface area contributed by atoms with Crippen LogP contribution in [-0.4, -0.2) is 65.3 Å². The van der Waals surface area contributed by atoms with Crippen LogP contribution in [0.4, 0.5) is 18.0 Å². The summed E-state index contributed by atoms with van der Waals surface area (Å²) in [4.78, 5) is 51.2. The Morgan fingerprint density at radius 1 is 1.07 bits per heavy atom. The predicted molar refractivity (Wildman–Crippen MR) is 154 cm³/mol. The standard InChI is InChI=1S/C32H32F3N3O6/c1-37-26(19-38(31(37)43)18-21-6-10-25(11-7-21)32(33,34)35)14-15-44-27-12-8-22(9-13-29(40)41)24(16-27)17-36-30(42)28-5-3-2-4-23(28)20-39/h2-8,10-12,16,20,26H,9,13-15,17-19H2,1H3,(H,36,42)(H,40,41). The highest BCUT2D eigenvalue weighted by atomic mass is 19.4. The Kier molecular flexibility index (Phi) is 10.2. The van der Waals surface area contributed by atoms with Crippen molar-refractivity contribution in [3.05, 3.63) is 100 Å². The van der Waals surface area contributed by atoms with E-state index in [1.807, 2.05) is 0 Å². The third kappa shape index (κ3) is 8.15. The molecule has 0 saturated carbocycles. The quantitative estimate of drug-likeness (QED) is 0.258. The van der Waals surface area contributed by atoms with Crippen LogP contribution >= 0.6 is 0 Å². The fourth-order valence-electron chi connectivity index (χ4n) is 5.00. The summed E-state index contributed by atoms with van der Waals surface area (Å²) < 4.78 is 44.6. The number of aliphatic carboxylic acids is 1. The van der Waals surface area contributed by atoms with Crippen molar-refractivity contribution in [1.29, 1.82) is 0 Å². The lowest BCUT2D eigenvalue weighted by Crippen LogP contribution is -2.31. The number of likely N-dealkylation sites (N-methyl/N-ethyl adjacent to an activating group) is 1. The number of amides is 3. The zero-order valence-electron chi connectivity index (χ0n) is 24.0. The van der Waals surface area contributed by atoms with Crippen molar-refractivity contribution in [3.63, 3.8) is 0 Å². The van der Waals surface area contributed by atoms with E-state index in [-0.39, 0.29) is 55.7 Å². The van der Waals surface area contributed by atoms with E-state index in [1.165, 1.54) is 18.2 Å². The first kappa shape index (κ1) is 32.1. The lowest BCUT2D eigenvalue weighted by molar-refractivity contribution is -0.138. The molecular formula is C32H32F3N3O6.